The second kappa shape index (κ2) is 10.5. The lowest BCUT2D eigenvalue weighted by Crippen LogP contribution is -2.31. The lowest BCUT2D eigenvalue weighted by molar-refractivity contribution is 0.0932. The van der Waals surface area contributed by atoms with Crippen molar-refractivity contribution < 1.29 is 9.59 Å². The van der Waals surface area contributed by atoms with Crippen LogP contribution in [0.5, 0.6) is 0 Å². The fourth-order valence-electron chi connectivity index (χ4n) is 3.88. The van der Waals surface area contributed by atoms with E-state index in [-0.39, 0.29) is 24.4 Å². The summed E-state index contributed by atoms with van der Waals surface area (Å²) in [6, 6.07) is 16.2. The number of nitrogens with zero attached hydrogens (tertiary/aromatic N) is 4. The van der Waals surface area contributed by atoms with Gasteiger partial charge in [0.2, 0.25) is 0 Å². The molecule has 0 fully saturated rings. The minimum atomic E-state index is -0.323. The Kier molecular flexibility index (Phi) is 6.98. The zero-order valence-electron chi connectivity index (χ0n) is 20.1. The van der Waals surface area contributed by atoms with Gasteiger partial charge in [-0.1, -0.05) is 29.8 Å². The maximum atomic E-state index is 13.2. The second-order valence-corrected chi connectivity index (χ2v) is 9.90. The third-order valence-corrected chi connectivity index (χ3v) is 6.67. The van der Waals surface area contributed by atoms with Crippen LogP contribution >= 0.6 is 22.9 Å². The van der Waals surface area contributed by atoms with E-state index in [0.717, 1.165) is 16.3 Å². The highest BCUT2D eigenvalue weighted by Gasteiger charge is 2.24. The minimum Gasteiger partial charge on any atom is -0.349 e. The molecule has 8 nitrogen and oxygen atoms in total. The summed E-state index contributed by atoms with van der Waals surface area (Å²) in [6.45, 7) is 4.01. The molecule has 0 unspecified atom stereocenters. The van der Waals surface area contributed by atoms with Gasteiger partial charge in [-0.25, -0.2) is 9.97 Å². The Labute approximate surface area is 222 Å². The van der Waals surface area contributed by atoms with Gasteiger partial charge in [-0.2, -0.15) is 0 Å². The molecular weight excluding hydrogens is 508 g/mol. The molecule has 0 atom stereocenters. The Morgan fingerprint density at radius 1 is 1.05 bits per heavy atom. The summed E-state index contributed by atoms with van der Waals surface area (Å²) in [5.41, 5.74) is 3.64. The predicted molar refractivity (Wildman–Crippen MR) is 145 cm³/mol. The van der Waals surface area contributed by atoms with Crippen LogP contribution in [0.25, 0.3) is 27.6 Å². The van der Waals surface area contributed by atoms with Crippen molar-refractivity contribution in [3.63, 3.8) is 0 Å². The van der Waals surface area contributed by atoms with Gasteiger partial charge in [0.05, 0.1) is 23.5 Å². The molecule has 0 aliphatic carbocycles. The zero-order chi connectivity index (χ0) is 25.9. The summed E-state index contributed by atoms with van der Waals surface area (Å²) in [5.74, 6) is -0.618. The number of pyridine rings is 2. The number of hydrogen-bond donors (Lipinski definition) is 2. The van der Waals surface area contributed by atoms with Gasteiger partial charge in [-0.05, 0) is 50.2 Å². The second-order valence-electron chi connectivity index (χ2n) is 8.60. The largest absolute Gasteiger partial charge is 0.349 e. The summed E-state index contributed by atoms with van der Waals surface area (Å²) >= 11 is 7.58. The molecule has 0 aliphatic rings. The number of carbonyl (C=O) groups excluding carboxylic acids is 2. The van der Waals surface area contributed by atoms with Crippen LogP contribution in [0.3, 0.4) is 0 Å². The van der Waals surface area contributed by atoms with Crippen molar-refractivity contribution in [1.82, 2.24) is 30.0 Å². The molecule has 4 heterocycles. The Hall–Kier alpha value is -4.08. The number of thiazole rings is 1. The van der Waals surface area contributed by atoms with E-state index in [0.29, 0.717) is 33.3 Å². The summed E-state index contributed by atoms with van der Waals surface area (Å²) in [7, 11) is 0. The summed E-state index contributed by atoms with van der Waals surface area (Å²) in [5, 5.41) is 9.21. The van der Waals surface area contributed by atoms with E-state index in [1.807, 2.05) is 49.6 Å². The number of imidazole rings is 1. The van der Waals surface area contributed by atoms with Gasteiger partial charge >= 0.3 is 0 Å². The van der Waals surface area contributed by atoms with Crippen molar-refractivity contribution in [3.8, 4) is 22.0 Å². The van der Waals surface area contributed by atoms with Crippen LogP contribution in [0.2, 0.25) is 5.02 Å². The number of aromatic nitrogens is 4. The summed E-state index contributed by atoms with van der Waals surface area (Å²) in [4.78, 5) is 40.1. The van der Waals surface area contributed by atoms with Gasteiger partial charge in [-0.15, -0.1) is 11.3 Å². The number of carbonyl (C=O) groups is 2. The Morgan fingerprint density at radius 3 is 2.68 bits per heavy atom. The van der Waals surface area contributed by atoms with Crippen molar-refractivity contribution in [2.75, 3.05) is 0 Å². The van der Waals surface area contributed by atoms with E-state index < -0.39 is 0 Å². The van der Waals surface area contributed by atoms with Gasteiger partial charge in [0, 0.05) is 34.4 Å². The molecule has 5 rings (SSSR count). The van der Waals surface area contributed by atoms with E-state index in [9.17, 15) is 9.59 Å². The fourth-order valence-corrected chi connectivity index (χ4v) is 4.89. The van der Waals surface area contributed by atoms with Gasteiger partial charge in [0.1, 0.15) is 16.4 Å². The number of fused-ring (bicyclic) bond motifs is 1. The normalized spacial score (nSPS) is 11.1. The zero-order valence-corrected chi connectivity index (χ0v) is 21.7. The Morgan fingerprint density at radius 2 is 1.92 bits per heavy atom. The molecule has 1 aromatic carbocycles. The molecule has 5 aromatic rings. The standard InChI is InChI=1S/C27H23ClN6O2S/c1-16(2)31-26(36)23-22(21-10-3-4-11-29-21)33-24-20(9-6-12-34(23)24)25(35)30-14-19-15-37-27(32-19)17-7-5-8-18(28)13-17/h3-13,15-16H,14H2,1-2H3,(H,30,35)(H,31,36). The Balaban J connectivity index is 1.44. The van der Waals surface area contributed by atoms with E-state index in [2.05, 4.69) is 20.6 Å². The number of nitrogens with one attached hydrogen (secondary N) is 2. The van der Waals surface area contributed by atoms with Crippen LogP contribution < -0.4 is 10.6 Å². The number of rotatable bonds is 7. The molecule has 0 spiro atoms. The summed E-state index contributed by atoms with van der Waals surface area (Å²) < 4.78 is 1.64. The maximum Gasteiger partial charge on any atom is 0.270 e. The molecule has 0 aliphatic heterocycles. The quantitative estimate of drug-likeness (QED) is 0.299. The average Bonchev–Trinajstić information content (AvgIpc) is 3.52. The molecule has 0 radical (unpaired) electrons. The van der Waals surface area contributed by atoms with Crippen molar-refractivity contribution in [3.05, 3.63) is 94.3 Å². The smallest absolute Gasteiger partial charge is 0.270 e. The molecule has 2 N–H and O–H groups in total. The van der Waals surface area contributed by atoms with Crippen LogP contribution in [0.15, 0.2) is 72.4 Å². The summed E-state index contributed by atoms with van der Waals surface area (Å²) in [6.07, 6.45) is 3.36. The highest BCUT2D eigenvalue weighted by atomic mass is 35.5. The van der Waals surface area contributed by atoms with E-state index in [1.165, 1.54) is 11.3 Å². The van der Waals surface area contributed by atoms with Gasteiger partial charge in [0.15, 0.2) is 5.65 Å². The molecule has 0 saturated heterocycles. The monoisotopic (exact) mass is 530 g/mol. The predicted octanol–water partition coefficient (Wildman–Crippen LogP) is 5.24. The topological polar surface area (TPSA) is 101 Å². The van der Waals surface area contributed by atoms with Crippen molar-refractivity contribution in [2.45, 2.75) is 26.4 Å². The maximum absolute atomic E-state index is 13.2. The van der Waals surface area contributed by atoms with Crippen LogP contribution in [0.1, 0.15) is 40.4 Å². The number of halogens is 1. The SMILES string of the molecule is CC(C)NC(=O)c1c(-c2ccccn2)nc2c(C(=O)NCc3csc(-c4cccc(Cl)c4)n3)cccn12. The van der Waals surface area contributed by atoms with E-state index >= 15 is 0 Å². The molecule has 10 heteroatoms. The first-order valence-corrected chi connectivity index (χ1v) is 12.9. The molecule has 4 aromatic heterocycles. The van der Waals surface area contributed by atoms with Crippen LogP contribution in [-0.2, 0) is 6.54 Å². The first-order chi connectivity index (χ1) is 17.9. The highest BCUT2D eigenvalue weighted by Crippen LogP contribution is 2.27. The minimum absolute atomic E-state index is 0.0731. The van der Waals surface area contributed by atoms with Gasteiger partial charge in [0.25, 0.3) is 11.8 Å². The average molecular weight is 531 g/mol. The third-order valence-electron chi connectivity index (χ3n) is 5.49. The highest BCUT2D eigenvalue weighted by molar-refractivity contribution is 7.13. The molecule has 2 amide bonds. The molecule has 0 bridgehead atoms. The third kappa shape index (κ3) is 5.23. The number of benzene rings is 1. The lowest BCUT2D eigenvalue weighted by atomic mass is 10.2. The first-order valence-electron chi connectivity index (χ1n) is 11.6. The van der Waals surface area contributed by atoms with Crippen LogP contribution in [-0.4, -0.2) is 37.2 Å². The molecule has 0 saturated carbocycles. The Bertz CT molecular complexity index is 1600. The van der Waals surface area contributed by atoms with Crippen LogP contribution in [0, 0.1) is 0 Å². The number of amides is 2. The van der Waals surface area contributed by atoms with Gasteiger partial charge < -0.3 is 10.6 Å². The van der Waals surface area contributed by atoms with Crippen molar-refractivity contribution in [1.29, 1.82) is 0 Å². The van der Waals surface area contributed by atoms with E-state index in [4.69, 9.17) is 16.6 Å². The molecule has 186 valence electrons. The fraction of sp³-hybridized carbons (Fsp3) is 0.148. The van der Waals surface area contributed by atoms with Crippen LogP contribution in [0.4, 0.5) is 0 Å². The first kappa shape index (κ1) is 24.6. The van der Waals surface area contributed by atoms with Crippen molar-refractivity contribution >= 4 is 40.4 Å². The van der Waals surface area contributed by atoms with Gasteiger partial charge in [-0.3, -0.25) is 19.0 Å². The van der Waals surface area contributed by atoms with Crippen molar-refractivity contribution in [2.24, 2.45) is 0 Å². The molecule has 37 heavy (non-hydrogen) atoms. The molecular formula is C27H23ClN6O2S. The van der Waals surface area contributed by atoms with E-state index in [1.54, 1.807) is 41.1 Å². The lowest BCUT2D eigenvalue weighted by Gasteiger charge is -2.10. The number of hydrogen-bond acceptors (Lipinski definition) is 6.